The summed E-state index contributed by atoms with van der Waals surface area (Å²) in [6, 6.07) is 7.39. The zero-order valence-corrected chi connectivity index (χ0v) is 12.2. The average molecular weight is 302 g/mol. The largest absolute Gasteiger partial charge is 0.484 e. The van der Waals surface area contributed by atoms with Crippen LogP contribution in [0.3, 0.4) is 0 Å². The lowest BCUT2D eigenvalue weighted by molar-refractivity contribution is -0.137. The molecule has 1 saturated carbocycles. The molecule has 1 aromatic carbocycles. The molecule has 1 aliphatic rings. The van der Waals surface area contributed by atoms with Gasteiger partial charge in [-0.1, -0.05) is 17.7 Å². The van der Waals surface area contributed by atoms with Crippen LogP contribution in [-0.4, -0.2) is 35.9 Å². The highest BCUT2D eigenvalue weighted by atomic mass is 35.5. The minimum absolute atomic E-state index is 0.00896. The highest BCUT2D eigenvalue weighted by Crippen LogP contribution is 2.25. The quantitative estimate of drug-likeness (QED) is 0.754. The fourth-order valence-electron chi connectivity index (χ4n) is 2.09. The second-order valence-electron chi connectivity index (χ2n) is 4.61. The summed E-state index contributed by atoms with van der Waals surface area (Å²) in [7, 11) is 0. The Morgan fingerprint density at radius 1 is 1.42 bits per heavy atom. The van der Waals surface area contributed by atoms with E-state index in [1.54, 1.807) is 24.3 Å². The SMILES string of the molecule is O=C(COc1cccc(Cl)c1)N(CCCl)C1CCC1. The maximum Gasteiger partial charge on any atom is 0.260 e. The van der Waals surface area contributed by atoms with Crippen LogP contribution in [0.5, 0.6) is 5.75 Å². The molecule has 0 bridgehead atoms. The molecule has 0 spiro atoms. The van der Waals surface area contributed by atoms with Crippen LogP contribution in [0.25, 0.3) is 0 Å². The molecular weight excluding hydrogens is 285 g/mol. The van der Waals surface area contributed by atoms with Crippen molar-refractivity contribution in [3.63, 3.8) is 0 Å². The summed E-state index contributed by atoms with van der Waals surface area (Å²) in [6.07, 6.45) is 3.32. The summed E-state index contributed by atoms with van der Waals surface area (Å²) in [5.41, 5.74) is 0. The second-order valence-corrected chi connectivity index (χ2v) is 5.42. The van der Waals surface area contributed by atoms with Crippen LogP contribution in [0, 0.1) is 0 Å². The van der Waals surface area contributed by atoms with Crippen molar-refractivity contribution in [2.75, 3.05) is 19.0 Å². The van der Waals surface area contributed by atoms with Crippen LogP contribution in [0.1, 0.15) is 19.3 Å². The van der Waals surface area contributed by atoms with Crippen LogP contribution < -0.4 is 4.74 Å². The molecular formula is C14H17Cl2NO2. The summed E-state index contributed by atoms with van der Waals surface area (Å²) in [4.78, 5) is 14.0. The van der Waals surface area contributed by atoms with Gasteiger partial charge in [-0.15, -0.1) is 11.6 Å². The molecule has 0 aromatic heterocycles. The van der Waals surface area contributed by atoms with Gasteiger partial charge in [0.2, 0.25) is 0 Å². The van der Waals surface area contributed by atoms with E-state index in [4.69, 9.17) is 27.9 Å². The first-order valence-electron chi connectivity index (χ1n) is 6.44. The fourth-order valence-corrected chi connectivity index (χ4v) is 2.45. The van der Waals surface area contributed by atoms with Crippen molar-refractivity contribution in [1.29, 1.82) is 0 Å². The third-order valence-electron chi connectivity index (χ3n) is 3.32. The second kappa shape index (κ2) is 7.01. The van der Waals surface area contributed by atoms with Gasteiger partial charge < -0.3 is 9.64 Å². The molecule has 1 fully saturated rings. The van der Waals surface area contributed by atoms with E-state index in [1.807, 2.05) is 4.90 Å². The minimum Gasteiger partial charge on any atom is -0.484 e. The van der Waals surface area contributed by atoms with Crippen molar-refractivity contribution in [2.45, 2.75) is 25.3 Å². The predicted molar refractivity (Wildman–Crippen MR) is 77.0 cm³/mol. The van der Waals surface area contributed by atoms with E-state index < -0.39 is 0 Å². The van der Waals surface area contributed by atoms with Gasteiger partial charge in [0.15, 0.2) is 6.61 Å². The molecule has 104 valence electrons. The molecule has 1 amide bonds. The number of hydrogen-bond donors (Lipinski definition) is 0. The highest BCUT2D eigenvalue weighted by molar-refractivity contribution is 6.30. The van der Waals surface area contributed by atoms with Gasteiger partial charge in [-0.25, -0.2) is 0 Å². The summed E-state index contributed by atoms with van der Waals surface area (Å²) in [5, 5.41) is 0.599. The first kappa shape index (κ1) is 14.5. The molecule has 0 radical (unpaired) electrons. The predicted octanol–water partition coefficient (Wildman–Crippen LogP) is 3.34. The maximum absolute atomic E-state index is 12.1. The van der Waals surface area contributed by atoms with E-state index in [9.17, 15) is 4.79 Å². The topological polar surface area (TPSA) is 29.5 Å². The van der Waals surface area contributed by atoms with Crippen molar-refractivity contribution in [3.05, 3.63) is 29.3 Å². The number of amides is 1. The number of carbonyl (C=O) groups excluding carboxylic acids is 1. The van der Waals surface area contributed by atoms with Crippen LogP contribution in [0.2, 0.25) is 5.02 Å². The first-order chi connectivity index (χ1) is 9.20. The summed E-state index contributed by atoms with van der Waals surface area (Å²) >= 11 is 11.6. The molecule has 5 heteroatoms. The number of rotatable bonds is 6. The zero-order valence-electron chi connectivity index (χ0n) is 10.6. The molecule has 0 unspecified atom stereocenters. The van der Waals surface area contributed by atoms with Gasteiger partial charge in [0.1, 0.15) is 5.75 Å². The van der Waals surface area contributed by atoms with E-state index in [0.717, 1.165) is 12.8 Å². The van der Waals surface area contributed by atoms with Crippen LogP contribution in [-0.2, 0) is 4.79 Å². The lowest BCUT2D eigenvalue weighted by atomic mass is 9.91. The third-order valence-corrected chi connectivity index (χ3v) is 3.72. The van der Waals surface area contributed by atoms with Gasteiger partial charge in [0.25, 0.3) is 5.91 Å². The molecule has 0 N–H and O–H groups in total. The lowest BCUT2D eigenvalue weighted by Crippen LogP contribution is -2.47. The molecule has 1 aliphatic carbocycles. The Morgan fingerprint density at radius 3 is 2.79 bits per heavy atom. The lowest BCUT2D eigenvalue weighted by Gasteiger charge is -2.37. The van der Waals surface area contributed by atoms with Crippen LogP contribution in [0.15, 0.2) is 24.3 Å². The number of carbonyl (C=O) groups is 1. The van der Waals surface area contributed by atoms with Gasteiger partial charge >= 0.3 is 0 Å². The Balaban J connectivity index is 1.88. The third kappa shape index (κ3) is 4.02. The van der Waals surface area contributed by atoms with Crippen LogP contribution in [0.4, 0.5) is 0 Å². The monoisotopic (exact) mass is 301 g/mol. The molecule has 19 heavy (non-hydrogen) atoms. The number of halogens is 2. The van der Waals surface area contributed by atoms with Gasteiger partial charge in [0.05, 0.1) is 0 Å². The van der Waals surface area contributed by atoms with E-state index in [-0.39, 0.29) is 12.5 Å². The molecule has 3 nitrogen and oxygen atoms in total. The first-order valence-corrected chi connectivity index (χ1v) is 7.36. The number of nitrogens with zero attached hydrogens (tertiary/aromatic N) is 1. The van der Waals surface area contributed by atoms with Gasteiger partial charge in [0, 0.05) is 23.5 Å². The molecule has 2 rings (SSSR count). The molecule has 0 atom stereocenters. The number of ether oxygens (including phenoxy) is 1. The Kier molecular flexibility index (Phi) is 5.34. The average Bonchev–Trinajstić information content (AvgIpc) is 2.33. The zero-order chi connectivity index (χ0) is 13.7. The van der Waals surface area contributed by atoms with Crippen molar-refractivity contribution >= 4 is 29.1 Å². The fraction of sp³-hybridized carbons (Fsp3) is 0.500. The summed E-state index contributed by atoms with van der Waals surface area (Å²) in [5.74, 6) is 1.06. The van der Waals surface area contributed by atoms with Gasteiger partial charge in [-0.05, 0) is 37.5 Å². The molecule has 0 aliphatic heterocycles. The van der Waals surface area contributed by atoms with Crippen molar-refractivity contribution in [3.8, 4) is 5.75 Å². The van der Waals surface area contributed by atoms with E-state index >= 15 is 0 Å². The minimum atomic E-state index is -0.00896. The highest BCUT2D eigenvalue weighted by Gasteiger charge is 2.28. The van der Waals surface area contributed by atoms with Gasteiger partial charge in [-0.2, -0.15) is 0 Å². The number of hydrogen-bond acceptors (Lipinski definition) is 2. The number of alkyl halides is 1. The summed E-state index contributed by atoms with van der Waals surface area (Å²) < 4.78 is 5.48. The summed E-state index contributed by atoms with van der Waals surface area (Å²) in [6.45, 7) is 0.623. The standard InChI is InChI=1S/C14H17Cl2NO2/c15-7-8-17(12-4-2-5-12)14(18)10-19-13-6-1-3-11(16)9-13/h1,3,6,9,12H,2,4-5,7-8,10H2. The Hall–Kier alpha value is -0.930. The number of benzene rings is 1. The maximum atomic E-state index is 12.1. The van der Waals surface area contributed by atoms with Crippen LogP contribution >= 0.6 is 23.2 Å². The van der Waals surface area contributed by atoms with E-state index in [1.165, 1.54) is 6.42 Å². The van der Waals surface area contributed by atoms with Crippen molar-refractivity contribution in [2.24, 2.45) is 0 Å². The molecule has 0 saturated heterocycles. The van der Waals surface area contributed by atoms with E-state index in [2.05, 4.69) is 0 Å². The van der Waals surface area contributed by atoms with Gasteiger partial charge in [-0.3, -0.25) is 4.79 Å². The van der Waals surface area contributed by atoms with Crippen molar-refractivity contribution < 1.29 is 9.53 Å². The Morgan fingerprint density at radius 2 is 2.21 bits per heavy atom. The molecule has 0 heterocycles. The molecule has 1 aromatic rings. The van der Waals surface area contributed by atoms with Crippen molar-refractivity contribution in [1.82, 2.24) is 4.90 Å². The smallest absolute Gasteiger partial charge is 0.260 e. The Labute approximate surface area is 123 Å². The van der Waals surface area contributed by atoms with E-state index in [0.29, 0.717) is 29.2 Å². The Bertz CT molecular complexity index is 435. The normalized spacial score (nSPS) is 14.8.